The van der Waals surface area contributed by atoms with Crippen LogP contribution in [0.25, 0.3) is 0 Å². The molecule has 0 saturated carbocycles. The number of carbonyl (C=O) groups excluding carboxylic acids is 2. The zero-order valence-corrected chi connectivity index (χ0v) is 11.6. The summed E-state index contributed by atoms with van der Waals surface area (Å²) in [6, 6.07) is 7.56. The van der Waals surface area contributed by atoms with E-state index in [1.807, 2.05) is 24.3 Å². The van der Waals surface area contributed by atoms with Crippen molar-refractivity contribution in [2.24, 2.45) is 0 Å². The minimum atomic E-state index is -0.190. The average molecular weight is 279 g/mol. The van der Waals surface area contributed by atoms with Gasteiger partial charge in [-0.15, -0.1) is 0 Å². The van der Waals surface area contributed by atoms with Gasteiger partial charge in [-0.05, 0) is 30.5 Å². The molecule has 0 bridgehead atoms. The van der Waals surface area contributed by atoms with Crippen molar-refractivity contribution < 1.29 is 14.3 Å². The minimum absolute atomic E-state index is 0.190. The second-order valence-electron chi connectivity index (χ2n) is 4.21. The minimum Gasteiger partial charge on any atom is -0.497 e. The Labute approximate surface area is 118 Å². The molecular weight excluding hydrogens is 258 g/mol. The molecule has 0 aliphatic heterocycles. The van der Waals surface area contributed by atoms with Crippen molar-refractivity contribution in [3.63, 3.8) is 0 Å². The number of urea groups is 1. The summed E-state index contributed by atoms with van der Waals surface area (Å²) in [6.45, 7) is 1.68. The van der Waals surface area contributed by atoms with Crippen molar-refractivity contribution in [2.45, 2.75) is 12.8 Å². The second kappa shape index (κ2) is 9.66. The van der Waals surface area contributed by atoms with Crippen LogP contribution in [-0.2, 0) is 11.2 Å². The number of carbonyl (C=O) groups is 2. The molecule has 0 aliphatic rings. The summed E-state index contributed by atoms with van der Waals surface area (Å²) >= 11 is 0. The predicted molar refractivity (Wildman–Crippen MR) is 76.8 cm³/mol. The molecule has 20 heavy (non-hydrogen) atoms. The fourth-order valence-corrected chi connectivity index (χ4v) is 1.63. The van der Waals surface area contributed by atoms with Crippen LogP contribution in [0.5, 0.6) is 5.75 Å². The smallest absolute Gasteiger partial charge is 0.314 e. The fourth-order valence-electron chi connectivity index (χ4n) is 1.63. The van der Waals surface area contributed by atoms with Crippen LogP contribution in [-0.4, -0.2) is 39.2 Å². The van der Waals surface area contributed by atoms with Crippen LogP contribution in [0.3, 0.4) is 0 Å². The summed E-state index contributed by atoms with van der Waals surface area (Å²) in [6.07, 6.45) is 2.13. The number of hydrogen-bond acceptors (Lipinski definition) is 3. The third-order valence-electron chi connectivity index (χ3n) is 2.73. The van der Waals surface area contributed by atoms with Gasteiger partial charge in [0, 0.05) is 19.6 Å². The molecule has 110 valence electrons. The first-order valence-corrected chi connectivity index (χ1v) is 6.58. The van der Waals surface area contributed by atoms with E-state index in [1.54, 1.807) is 7.11 Å². The Morgan fingerprint density at radius 3 is 2.50 bits per heavy atom. The molecule has 3 N–H and O–H groups in total. The van der Waals surface area contributed by atoms with Gasteiger partial charge in [-0.25, -0.2) is 4.79 Å². The van der Waals surface area contributed by atoms with Crippen LogP contribution in [0.4, 0.5) is 4.79 Å². The van der Waals surface area contributed by atoms with Gasteiger partial charge in [-0.2, -0.15) is 0 Å². The van der Waals surface area contributed by atoms with Crippen LogP contribution in [0.2, 0.25) is 0 Å². The maximum atomic E-state index is 11.4. The van der Waals surface area contributed by atoms with Gasteiger partial charge in [0.2, 0.25) is 6.41 Å². The van der Waals surface area contributed by atoms with Gasteiger partial charge in [0.05, 0.1) is 7.11 Å². The van der Waals surface area contributed by atoms with Gasteiger partial charge in [0.1, 0.15) is 5.75 Å². The Hall–Kier alpha value is -2.24. The van der Waals surface area contributed by atoms with E-state index in [-0.39, 0.29) is 6.03 Å². The van der Waals surface area contributed by atoms with E-state index in [1.165, 1.54) is 0 Å². The standard InChI is InChI=1S/C14H21N3O3/c1-20-13-5-3-12(4-6-13)7-10-17-14(19)16-9-2-8-15-11-18/h3-6,11H,2,7-10H2,1H3,(H,15,18)(H2,16,17,19). The normalized spacial score (nSPS) is 9.65. The molecule has 0 heterocycles. The number of amides is 3. The summed E-state index contributed by atoms with van der Waals surface area (Å²) in [5.74, 6) is 0.823. The van der Waals surface area contributed by atoms with Gasteiger partial charge in [0.25, 0.3) is 0 Å². The molecule has 0 fully saturated rings. The first-order valence-electron chi connectivity index (χ1n) is 6.58. The lowest BCUT2D eigenvalue weighted by Crippen LogP contribution is -2.37. The summed E-state index contributed by atoms with van der Waals surface area (Å²) in [5, 5.41) is 8.03. The largest absolute Gasteiger partial charge is 0.497 e. The summed E-state index contributed by atoms with van der Waals surface area (Å²) < 4.78 is 5.08. The lowest BCUT2D eigenvalue weighted by atomic mass is 10.1. The highest BCUT2D eigenvalue weighted by atomic mass is 16.5. The Morgan fingerprint density at radius 1 is 1.15 bits per heavy atom. The first kappa shape index (κ1) is 15.8. The monoisotopic (exact) mass is 279 g/mol. The lowest BCUT2D eigenvalue weighted by molar-refractivity contribution is -0.109. The molecule has 1 aromatic carbocycles. The van der Waals surface area contributed by atoms with Crippen LogP contribution >= 0.6 is 0 Å². The number of nitrogens with one attached hydrogen (secondary N) is 3. The number of ether oxygens (including phenoxy) is 1. The van der Waals surface area contributed by atoms with Gasteiger partial charge in [0.15, 0.2) is 0 Å². The van der Waals surface area contributed by atoms with Crippen LogP contribution in [0, 0.1) is 0 Å². The van der Waals surface area contributed by atoms with Crippen molar-refractivity contribution in [2.75, 3.05) is 26.7 Å². The van der Waals surface area contributed by atoms with E-state index in [0.717, 1.165) is 17.7 Å². The summed E-state index contributed by atoms with van der Waals surface area (Å²) in [5.41, 5.74) is 1.14. The molecule has 1 rings (SSSR count). The number of benzene rings is 1. The van der Waals surface area contributed by atoms with Gasteiger partial charge in [-0.3, -0.25) is 4.79 Å². The number of hydrogen-bond donors (Lipinski definition) is 3. The van der Waals surface area contributed by atoms with Gasteiger partial charge < -0.3 is 20.7 Å². The Bertz CT molecular complexity index is 407. The highest BCUT2D eigenvalue weighted by Gasteiger charge is 1.99. The average Bonchev–Trinajstić information content (AvgIpc) is 2.48. The van der Waals surface area contributed by atoms with Gasteiger partial charge in [-0.1, -0.05) is 12.1 Å². The molecule has 0 saturated heterocycles. The summed E-state index contributed by atoms with van der Waals surface area (Å²) in [7, 11) is 1.63. The molecule has 6 heteroatoms. The molecule has 3 amide bonds. The topological polar surface area (TPSA) is 79.5 Å². The van der Waals surface area contributed by atoms with Crippen molar-refractivity contribution in [1.29, 1.82) is 0 Å². The molecule has 0 aromatic heterocycles. The zero-order chi connectivity index (χ0) is 14.6. The Kier molecular flexibility index (Phi) is 7.64. The number of methoxy groups -OCH3 is 1. The van der Waals surface area contributed by atoms with E-state index < -0.39 is 0 Å². The van der Waals surface area contributed by atoms with Crippen LogP contribution < -0.4 is 20.7 Å². The maximum Gasteiger partial charge on any atom is 0.314 e. The van der Waals surface area contributed by atoms with Gasteiger partial charge >= 0.3 is 6.03 Å². The third-order valence-corrected chi connectivity index (χ3v) is 2.73. The molecule has 0 aliphatic carbocycles. The molecule has 6 nitrogen and oxygen atoms in total. The molecule has 0 spiro atoms. The lowest BCUT2D eigenvalue weighted by Gasteiger charge is -2.08. The van der Waals surface area contributed by atoms with Crippen molar-refractivity contribution in [3.8, 4) is 5.75 Å². The van der Waals surface area contributed by atoms with Crippen molar-refractivity contribution >= 4 is 12.4 Å². The van der Waals surface area contributed by atoms with E-state index in [9.17, 15) is 9.59 Å². The highest BCUT2D eigenvalue weighted by Crippen LogP contribution is 2.11. The SMILES string of the molecule is COc1ccc(CCNC(=O)NCCCNC=O)cc1. The molecule has 0 unspecified atom stereocenters. The first-order chi connectivity index (χ1) is 9.76. The highest BCUT2D eigenvalue weighted by molar-refractivity contribution is 5.73. The van der Waals surface area contributed by atoms with E-state index in [4.69, 9.17) is 4.74 Å². The van der Waals surface area contributed by atoms with Crippen molar-refractivity contribution in [3.05, 3.63) is 29.8 Å². The molecular formula is C14H21N3O3. The second-order valence-corrected chi connectivity index (χ2v) is 4.21. The zero-order valence-electron chi connectivity index (χ0n) is 11.6. The Morgan fingerprint density at radius 2 is 1.85 bits per heavy atom. The third kappa shape index (κ3) is 6.63. The Balaban J connectivity index is 2.10. The summed E-state index contributed by atoms with van der Waals surface area (Å²) in [4.78, 5) is 21.4. The molecule has 0 radical (unpaired) electrons. The van der Waals surface area contributed by atoms with Crippen LogP contribution in [0.15, 0.2) is 24.3 Å². The number of rotatable bonds is 9. The van der Waals surface area contributed by atoms with E-state index in [2.05, 4.69) is 16.0 Å². The fraction of sp³-hybridized carbons (Fsp3) is 0.429. The van der Waals surface area contributed by atoms with Crippen LogP contribution in [0.1, 0.15) is 12.0 Å². The van der Waals surface area contributed by atoms with Crippen molar-refractivity contribution in [1.82, 2.24) is 16.0 Å². The predicted octanol–water partition coefficient (Wildman–Crippen LogP) is 0.673. The quantitative estimate of drug-likeness (QED) is 0.459. The van der Waals surface area contributed by atoms with E-state index >= 15 is 0 Å². The maximum absolute atomic E-state index is 11.4. The molecule has 0 atom stereocenters. The molecule has 1 aromatic rings. The van der Waals surface area contributed by atoms with E-state index in [0.29, 0.717) is 32.5 Å².